The Morgan fingerprint density at radius 2 is 1.42 bits per heavy atom. The summed E-state index contributed by atoms with van der Waals surface area (Å²) in [5, 5.41) is 0. The molecule has 0 aromatic rings. The van der Waals surface area contributed by atoms with E-state index in [1.807, 2.05) is 0 Å². The van der Waals surface area contributed by atoms with Crippen LogP contribution in [0, 0.1) is 0 Å². The van der Waals surface area contributed by atoms with E-state index in [0.29, 0.717) is 0 Å². The van der Waals surface area contributed by atoms with Crippen molar-refractivity contribution >= 4 is 12.4 Å². The summed E-state index contributed by atoms with van der Waals surface area (Å²) in [5.74, 6) is 0. The van der Waals surface area contributed by atoms with Gasteiger partial charge in [0.2, 0.25) is 0 Å². The first-order valence-electron chi connectivity index (χ1n) is 3.93. The molecule has 62 valence electrons. The molecule has 2 rings (SSSR count). The Balaban J connectivity index is 0.000000720. The fourth-order valence-corrected chi connectivity index (χ4v) is 3.18. The van der Waals surface area contributed by atoms with E-state index in [2.05, 4.69) is 36.5 Å². The summed E-state index contributed by atoms with van der Waals surface area (Å²) in [7, 11) is 0. The third kappa shape index (κ3) is 2.48. The van der Waals surface area contributed by atoms with Crippen molar-refractivity contribution in [1.29, 1.82) is 0 Å². The molecule has 0 amide bonds. The molecule has 0 atom stereocenters. The van der Waals surface area contributed by atoms with Gasteiger partial charge in [-0.05, 0) is 0 Å². The number of allylic oxidation sites excluding steroid dienone is 8. The molecule has 0 N–H and O–H groups in total. The molecule has 0 saturated heterocycles. The fourth-order valence-electron chi connectivity index (χ4n) is 1.29. The SMILES string of the molecule is C1=CC[C]([Ti][C]2=CC=CC2)=C1.Cl. The summed E-state index contributed by atoms with van der Waals surface area (Å²) < 4.78 is 3.36. The average Bonchev–Trinajstić information content (AvgIpc) is 2.60. The monoisotopic (exact) mass is 214 g/mol. The first-order chi connectivity index (χ1) is 5.45. The Labute approximate surface area is 88.5 Å². The van der Waals surface area contributed by atoms with E-state index in [-0.39, 0.29) is 31.6 Å². The van der Waals surface area contributed by atoms with E-state index in [4.69, 9.17) is 0 Å². The van der Waals surface area contributed by atoms with Gasteiger partial charge in [-0.3, -0.25) is 0 Å². The maximum Gasteiger partial charge on any atom is -0.147 e. The zero-order valence-electron chi connectivity index (χ0n) is 6.79. The summed E-state index contributed by atoms with van der Waals surface area (Å²) in [6, 6.07) is 0. The summed E-state index contributed by atoms with van der Waals surface area (Å²) in [4.78, 5) is 0. The van der Waals surface area contributed by atoms with Gasteiger partial charge in [0, 0.05) is 0 Å². The molecular weight excluding hydrogens is 203 g/mol. The molecule has 0 bridgehead atoms. The molecular formula is C10H11ClTi. The summed E-state index contributed by atoms with van der Waals surface area (Å²) >= 11 is 0.0833. The Morgan fingerprint density at radius 3 is 1.75 bits per heavy atom. The van der Waals surface area contributed by atoms with E-state index < -0.39 is 0 Å². The molecule has 0 heterocycles. The number of rotatable bonds is 2. The van der Waals surface area contributed by atoms with Crippen LogP contribution in [0.15, 0.2) is 44.2 Å². The van der Waals surface area contributed by atoms with E-state index in [1.54, 1.807) is 7.76 Å². The summed E-state index contributed by atoms with van der Waals surface area (Å²) in [6.45, 7) is 0. The molecule has 2 aliphatic carbocycles. The van der Waals surface area contributed by atoms with Gasteiger partial charge in [0.25, 0.3) is 0 Å². The Bertz CT molecular complexity index is 244. The van der Waals surface area contributed by atoms with E-state index in [1.165, 1.54) is 12.8 Å². The van der Waals surface area contributed by atoms with E-state index in [0.717, 1.165) is 0 Å². The molecule has 0 aromatic heterocycles. The minimum atomic E-state index is 0. The van der Waals surface area contributed by atoms with Crippen LogP contribution in [0.4, 0.5) is 0 Å². The van der Waals surface area contributed by atoms with Crippen LogP contribution >= 0.6 is 12.4 Å². The van der Waals surface area contributed by atoms with Gasteiger partial charge >= 0.3 is 76.2 Å². The Kier molecular flexibility index (Phi) is 4.07. The molecule has 0 radical (unpaired) electrons. The first kappa shape index (κ1) is 10.0. The first-order valence-corrected chi connectivity index (χ1v) is 5.50. The van der Waals surface area contributed by atoms with Gasteiger partial charge in [0.1, 0.15) is 0 Å². The Hall–Kier alpha value is -0.0357. The molecule has 0 aliphatic heterocycles. The number of hydrogen-bond acceptors (Lipinski definition) is 0. The molecule has 0 fully saturated rings. The van der Waals surface area contributed by atoms with Gasteiger partial charge in [-0.25, -0.2) is 0 Å². The van der Waals surface area contributed by atoms with Crippen molar-refractivity contribution in [2.75, 3.05) is 0 Å². The predicted octanol–water partition coefficient (Wildman–Crippen LogP) is 3.18. The third-order valence-corrected chi connectivity index (χ3v) is 4.02. The molecule has 0 spiro atoms. The van der Waals surface area contributed by atoms with Gasteiger partial charge in [-0.2, -0.15) is 0 Å². The van der Waals surface area contributed by atoms with E-state index in [9.17, 15) is 0 Å². The predicted molar refractivity (Wildman–Crippen MR) is 50.9 cm³/mol. The second-order valence-corrected chi connectivity index (χ2v) is 5.17. The molecule has 0 unspecified atom stereocenters. The minimum absolute atomic E-state index is 0. The van der Waals surface area contributed by atoms with Crippen molar-refractivity contribution < 1.29 is 19.2 Å². The smallest absolute Gasteiger partial charge is 0.147 e. The fraction of sp³-hybridized carbons (Fsp3) is 0.200. The van der Waals surface area contributed by atoms with Gasteiger partial charge in [-0.1, -0.05) is 0 Å². The zero-order chi connectivity index (χ0) is 7.52. The van der Waals surface area contributed by atoms with Crippen molar-refractivity contribution in [1.82, 2.24) is 0 Å². The van der Waals surface area contributed by atoms with Crippen LogP contribution in [0.3, 0.4) is 0 Å². The van der Waals surface area contributed by atoms with Crippen molar-refractivity contribution in [3.63, 3.8) is 0 Å². The van der Waals surface area contributed by atoms with Gasteiger partial charge < -0.3 is 0 Å². The van der Waals surface area contributed by atoms with Crippen LogP contribution in [0.25, 0.3) is 0 Å². The molecule has 12 heavy (non-hydrogen) atoms. The minimum Gasteiger partial charge on any atom is -0.147 e. The van der Waals surface area contributed by atoms with Crippen molar-refractivity contribution in [2.45, 2.75) is 12.8 Å². The van der Waals surface area contributed by atoms with Gasteiger partial charge in [0.15, 0.2) is 0 Å². The average molecular weight is 215 g/mol. The van der Waals surface area contributed by atoms with Crippen molar-refractivity contribution in [3.05, 3.63) is 44.2 Å². The van der Waals surface area contributed by atoms with Crippen LogP contribution in [0.5, 0.6) is 0 Å². The Morgan fingerprint density at radius 1 is 0.917 bits per heavy atom. The topological polar surface area (TPSA) is 0 Å². The van der Waals surface area contributed by atoms with Crippen LogP contribution in [0.1, 0.15) is 12.8 Å². The second-order valence-electron chi connectivity index (χ2n) is 2.77. The molecule has 0 nitrogen and oxygen atoms in total. The second kappa shape index (κ2) is 4.86. The quantitative estimate of drug-likeness (QED) is 0.620. The van der Waals surface area contributed by atoms with Crippen LogP contribution < -0.4 is 0 Å². The summed E-state index contributed by atoms with van der Waals surface area (Å²) in [6.07, 6.45) is 15.9. The third-order valence-electron chi connectivity index (χ3n) is 1.86. The molecule has 2 aliphatic rings. The van der Waals surface area contributed by atoms with Crippen molar-refractivity contribution in [3.8, 4) is 0 Å². The van der Waals surface area contributed by atoms with Crippen molar-refractivity contribution in [2.24, 2.45) is 0 Å². The maximum atomic E-state index is 2.29. The van der Waals surface area contributed by atoms with Crippen LogP contribution in [-0.2, 0) is 19.2 Å². The van der Waals surface area contributed by atoms with E-state index >= 15 is 0 Å². The number of halogens is 1. The normalized spacial score (nSPS) is 18.7. The molecule has 0 saturated carbocycles. The van der Waals surface area contributed by atoms with Gasteiger partial charge in [0.05, 0.1) is 0 Å². The summed E-state index contributed by atoms with van der Waals surface area (Å²) in [5.41, 5.74) is 0. The standard InChI is InChI=1S/2C5H5.ClH.Ti/c2*1-2-4-5-3-1;;/h2*1-3H,4H2;1H;. The number of hydrogen-bond donors (Lipinski definition) is 0. The van der Waals surface area contributed by atoms with Crippen LogP contribution in [-0.4, -0.2) is 0 Å². The van der Waals surface area contributed by atoms with Crippen LogP contribution in [0.2, 0.25) is 0 Å². The molecule has 0 aromatic carbocycles. The molecule has 2 heteroatoms. The zero-order valence-corrected chi connectivity index (χ0v) is 9.16. The largest absolute Gasteiger partial charge is 0.147 e. The maximum absolute atomic E-state index is 2.29. The van der Waals surface area contributed by atoms with Gasteiger partial charge in [-0.15, -0.1) is 12.4 Å².